The topological polar surface area (TPSA) is 91.6 Å². The molecule has 0 bridgehead atoms. The Bertz CT molecular complexity index is 1830. The number of aromatic hydroxyl groups is 1. The molecule has 1 saturated heterocycles. The molecule has 6 rings (SSSR count). The van der Waals surface area contributed by atoms with E-state index in [0.717, 1.165) is 11.6 Å². The maximum Gasteiger partial charge on any atom is 0.262 e. The van der Waals surface area contributed by atoms with Gasteiger partial charge in [-0.05, 0) is 55.7 Å². The number of anilines is 1. The summed E-state index contributed by atoms with van der Waals surface area (Å²) < 4.78 is 32.4. The van der Waals surface area contributed by atoms with Gasteiger partial charge in [-0.2, -0.15) is 0 Å². The molecule has 216 valence electrons. The first-order valence-electron chi connectivity index (χ1n) is 13.9. The second kappa shape index (κ2) is 10.0. The number of rotatable bonds is 4. The zero-order chi connectivity index (χ0) is 30.0. The van der Waals surface area contributed by atoms with Crippen LogP contribution in [0.5, 0.6) is 5.75 Å². The van der Waals surface area contributed by atoms with Crippen LogP contribution >= 0.6 is 0 Å². The van der Waals surface area contributed by atoms with Gasteiger partial charge in [-0.15, -0.1) is 0 Å². The molecule has 0 aliphatic carbocycles. The maximum atomic E-state index is 16.0. The van der Waals surface area contributed by atoms with Gasteiger partial charge in [-0.25, -0.2) is 13.8 Å². The summed E-state index contributed by atoms with van der Waals surface area (Å²) in [6, 6.07) is 6.38. The van der Waals surface area contributed by atoms with Crippen molar-refractivity contribution in [3.05, 3.63) is 88.0 Å². The van der Waals surface area contributed by atoms with Gasteiger partial charge in [0.1, 0.15) is 22.9 Å². The van der Waals surface area contributed by atoms with Crippen LogP contribution in [0.25, 0.3) is 28.0 Å². The summed E-state index contributed by atoms with van der Waals surface area (Å²) >= 11 is 0. The van der Waals surface area contributed by atoms with Crippen molar-refractivity contribution in [1.82, 2.24) is 19.4 Å². The number of pyridine rings is 3. The normalized spacial score (nSPS) is 18.0. The van der Waals surface area contributed by atoms with Crippen molar-refractivity contribution >= 4 is 22.6 Å². The van der Waals surface area contributed by atoms with Crippen LogP contribution in [-0.4, -0.2) is 55.6 Å². The van der Waals surface area contributed by atoms with Crippen LogP contribution in [0.4, 0.5) is 14.5 Å². The molecule has 2 aliphatic heterocycles. The first-order chi connectivity index (χ1) is 20.0. The number of hydrogen-bond donors (Lipinski definition) is 1. The number of amides is 1. The lowest BCUT2D eigenvalue weighted by molar-refractivity contribution is -0.127. The van der Waals surface area contributed by atoms with E-state index in [-0.39, 0.29) is 40.7 Å². The Kier molecular flexibility index (Phi) is 6.59. The van der Waals surface area contributed by atoms with E-state index in [0.29, 0.717) is 47.5 Å². The van der Waals surface area contributed by atoms with Crippen molar-refractivity contribution in [2.45, 2.75) is 52.1 Å². The van der Waals surface area contributed by atoms with Crippen molar-refractivity contribution < 1.29 is 18.7 Å². The fourth-order valence-corrected chi connectivity index (χ4v) is 6.51. The minimum absolute atomic E-state index is 0.0598. The third-order valence-electron chi connectivity index (χ3n) is 8.29. The van der Waals surface area contributed by atoms with Gasteiger partial charge in [0.15, 0.2) is 5.82 Å². The number of benzene rings is 1. The van der Waals surface area contributed by atoms with E-state index >= 15 is 4.39 Å². The average molecular weight is 572 g/mol. The molecule has 1 N–H and O–H groups in total. The highest BCUT2D eigenvalue weighted by atomic mass is 19.1. The molecule has 4 aromatic rings. The number of phenols is 1. The van der Waals surface area contributed by atoms with Crippen LogP contribution in [0.3, 0.4) is 0 Å². The second-order valence-corrected chi connectivity index (χ2v) is 11.4. The standard InChI is InChI=1S/C32H31F2N5O3/c1-6-25(41)37-14-18(5)38-19(15-37)12-21-30(38)20-13-23(34)28(26-22(33)8-7-9-24(26)40)36-31(20)39(32(21)42)29-17(4)10-11-35-27(29)16(2)3/h6-11,13,16,18-19,40H,1,12,14-15H2,2-5H3. The fraction of sp³-hybridized carbons (Fsp3) is 0.312. The van der Waals surface area contributed by atoms with Crippen LogP contribution in [0.1, 0.15) is 43.5 Å². The van der Waals surface area contributed by atoms with E-state index in [2.05, 4.69) is 21.4 Å². The predicted molar refractivity (Wildman–Crippen MR) is 157 cm³/mol. The van der Waals surface area contributed by atoms with E-state index in [1.54, 1.807) is 17.2 Å². The Morgan fingerprint density at radius 1 is 1.17 bits per heavy atom. The molecule has 10 heteroatoms. The average Bonchev–Trinajstić information content (AvgIpc) is 3.34. The summed E-state index contributed by atoms with van der Waals surface area (Å²) in [5.74, 6) is -2.38. The van der Waals surface area contributed by atoms with Crippen LogP contribution in [0.2, 0.25) is 0 Å². The number of piperazine rings is 1. The molecule has 1 fully saturated rings. The molecule has 2 unspecified atom stereocenters. The molecule has 0 spiro atoms. The van der Waals surface area contributed by atoms with Gasteiger partial charge >= 0.3 is 0 Å². The summed E-state index contributed by atoms with van der Waals surface area (Å²) in [5, 5.41) is 10.9. The number of carbonyl (C=O) groups is 1. The molecule has 1 aromatic carbocycles. The summed E-state index contributed by atoms with van der Waals surface area (Å²) in [6.07, 6.45) is 3.31. The highest BCUT2D eigenvalue weighted by Crippen LogP contribution is 2.43. The fourth-order valence-electron chi connectivity index (χ4n) is 6.51. The molecule has 2 atom stereocenters. The first-order valence-corrected chi connectivity index (χ1v) is 13.9. The monoisotopic (exact) mass is 571 g/mol. The lowest BCUT2D eigenvalue weighted by Crippen LogP contribution is -2.57. The number of phenolic OH excluding ortho intramolecular Hbond substituents is 1. The lowest BCUT2D eigenvalue weighted by Gasteiger charge is -2.43. The Morgan fingerprint density at radius 3 is 2.62 bits per heavy atom. The number of halogens is 2. The smallest absolute Gasteiger partial charge is 0.262 e. The highest BCUT2D eigenvalue weighted by Gasteiger charge is 2.42. The number of aromatic nitrogens is 3. The molecule has 1 amide bonds. The molecule has 5 heterocycles. The number of nitrogens with zero attached hydrogens (tertiary/aromatic N) is 5. The quantitative estimate of drug-likeness (QED) is 0.347. The summed E-state index contributed by atoms with van der Waals surface area (Å²) in [7, 11) is 0. The van der Waals surface area contributed by atoms with Crippen molar-refractivity contribution in [2.24, 2.45) is 0 Å². The van der Waals surface area contributed by atoms with E-state index in [9.17, 15) is 19.1 Å². The number of fused-ring (bicyclic) bond motifs is 5. The summed E-state index contributed by atoms with van der Waals surface area (Å²) in [6.45, 7) is 12.2. The first kappa shape index (κ1) is 27.6. The SMILES string of the molecule is C=CC(=O)N1CC(C)N2c3c(c(=O)n(-c4c(C)ccnc4C(C)C)c4nc(-c5c(O)cccc5F)c(F)cc34)CC2C1. The molecule has 2 aliphatic rings. The van der Waals surface area contributed by atoms with Gasteiger partial charge in [0, 0.05) is 42.7 Å². The number of carbonyl (C=O) groups excluding carboxylic acids is 1. The van der Waals surface area contributed by atoms with E-state index in [1.165, 1.54) is 28.8 Å². The molecule has 0 saturated carbocycles. The van der Waals surface area contributed by atoms with Crippen LogP contribution in [0, 0.1) is 18.6 Å². The Balaban J connectivity index is 1.71. The van der Waals surface area contributed by atoms with Crippen molar-refractivity contribution in [3.8, 4) is 22.7 Å². The minimum atomic E-state index is -0.840. The Hall–Kier alpha value is -4.60. The van der Waals surface area contributed by atoms with Gasteiger partial charge in [-0.3, -0.25) is 19.1 Å². The van der Waals surface area contributed by atoms with Gasteiger partial charge in [0.25, 0.3) is 5.56 Å². The zero-order valence-corrected chi connectivity index (χ0v) is 23.9. The van der Waals surface area contributed by atoms with Gasteiger partial charge in [0.05, 0.1) is 28.7 Å². The maximum absolute atomic E-state index is 16.0. The van der Waals surface area contributed by atoms with Gasteiger partial charge in [-0.1, -0.05) is 26.5 Å². The predicted octanol–water partition coefficient (Wildman–Crippen LogP) is 5.01. The van der Waals surface area contributed by atoms with Crippen LogP contribution in [0.15, 0.2) is 54.0 Å². The molecule has 3 aromatic heterocycles. The Labute approximate surface area is 241 Å². The van der Waals surface area contributed by atoms with Crippen LogP contribution in [-0.2, 0) is 11.2 Å². The summed E-state index contributed by atoms with van der Waals surface area (Å²) in [4.78, 5) is 40.0. The lowest BCUT2D eigenvalue weighted by atomic mass is 10.0. The second-order valence-electron chi connectivity index (χ2n) is 11.4. The van der Waals surface area contributed by atoms with E-state index in [4.69, 9.17) is 0 Å². The van der Waals surface area contributed by atoms with Crippen molar-refractivity contribution in [3.63, 3.8) is 0 Å². The van der Waals surface area contributed by atoms with Gasteiger partial charge < -0.3 is 14.9 Å². The molecule has 42 heavy (non-hydrogen) atoms. The third kappa shape index (κ3) is 4.07. The molecular weight excluding hydrogens is 540 g/mol. The number of aryl methyl sites for hydroxylation is 1. The van der Waals surface area contributed by atoms with E-state index < -0.39 is 23.1 Å². The summed E-state index contributed by atoms with van der Waals surface area (Å²) in [5.41, 5.74) is 2.04. The molecule has 0 radical (unpaired) electrons. The third-order valence-corrected chi connectivity index (χ3v) is 8.29. The molecule has 8 nitrogen and oxygen atoms in total. The van der Waals surface area contributed by atoms with Crippen molar-refractivity contribution in [1.29, 1.82) is 0 Å². The van der Waals surface area contributed by atoms with Crippen LogP contribution < -0.4 is 10.5 Å². The van der Waals surface area contributed by atoms with Crippen molar-refractivity contribution in [2.75, 3.05) is 18.0 Å². The minimum Gasteiger partial charge on any atom is -0.507 e. The largest absolute Gasteiger partial charge is 0.507 e. The van der Waals surface area contributed by atoms with E-state index in [1.807, 2.05) is 27.7 Å². The number of hydrogen-bond acceptors (Lipinski definition) is 6. The highest BCUT2D eigenvalue weighted by molar-refractivity contribution is 5.96. The molecular formula is C32H31F2N5O3. The van der Waals surface area contributed by atoms with Gasteiger partial charge in [0.2, 0.25) is 5.91 Å². The Morgan fingerprint density at radius 2 is 1.93 bits per heavy atom. The zero-order valence-electron chi connectivity index (χ0n) is 23.9.